The van der Waals surface area contributed by atoms with E-state index in [1.165, 1.54) is 0 Å². The molecule has 0 aliphatic carbocycles. The van der Waals surface area contributed by atoms with Crippen LogP contribution in [0.2, 0.25) is 0 Å². The third kappa shape index (κ3) is 2.57. The zero-order chi connectivity index (χ0) is 12.2. The van der Waals surface area contributed by atoms with Gasteiger partial charge in [-0.25, -0.2) is 0 Å². The maximum Gasteiger partial charge on any atom is 0.229 e. The molecule has 3 heteroatoms. The highest BCUT2D eigenvalue weighted by Crippen LogP contribution is 2.35. The summed E-state index contributed by atoms with van der Waals surface area (Å²) in [6.45, 7) is 11.2. The highest BCUT2D eigenvalue weighted by Gasteiger charge is 2.40. The lowest BCUT2D eigenvalue weighted by Crippen LogP contribution is -2.51. The predicted octanol–water partition coefficient (Wildman–Crippen LogP) is 2.02. The summed E-state index contributed by atoms with van der Waals surface area (Å²) >= 11 is 0. The van der Waals surface area contributed by atoms with Crippen LogP contribution in [-0.2, 0) is 4.79 Å². The monoisotopic (exact) mass is 226 g/mol. The van der Waals surface area contributed by atoms with Crippen LogP contribution in [0.15, 0.2) is 0 Å². The predicted molar refractivity (Wildman–Crippen MR) is 67.4 cm³/mol. The molecule has 1 amide bonds. The van der Waals surface area contributed by atoms with Crippen molar-refractivity contribution in [1.29, 1.82) is 0 Å². The van der Waals surface area contributed by atoms with Gasteiger partial charge in [-0.3, -0.25) is 4.79 Å². The third-order valence-corrected chi connectivity index (χ3v) is 3.92. The Morgan fingerprint density at radius 1 is 1.31 bits per heavy atom. The number of rotatable bonds is 4. The highest BCUT2D eigenvalue weighted by molar-refractivity contribution is 5.83. The summed E-state index contributed by atoms with van der Waals surface area (Å²) in [6, 6.07) is 0.316. The van der Waals surface area contributed by atoms with Gasteiger partial charge in [-0.05, 0) is 53.1 Å². The average Bonchev–Trinajstić information content (AvgIpc) is 2.30. The van der Waals surface area contributed by atoms with Gasteiger partial charge in [0.15, 0.2) is 0 Å². The minimum atomic E-state index is -0.0917. The van der Waals surface area contributed by atoms with E-state index in [1.807, 2.05) is 4.90 Å². The molecule has 1 N–H and O–H groups in total. The Bertz CT molecular complexity index is 232. The Hall–Kier alpha value is -0.570. The summed E-state index contributed by atoms with van der Waals surface area (Å²) in [5, 5.41) is 3.34. The third-order valence-electron chi connectivity index (χ3n) is 3.92. The molecule has 94 valence electrons. The van der Waals surface area contributed by atoms with E-state index in [-0.39, 0.29) is 5.41 Å². The molecule has 16 heavy (non-hydrogen) atoms. The molecule has 0 unspecified atom stereocenters. The van der Waals surface area contributed by atoms with Crippen LogP contribution >= 0.6 is 0 Å². The lowest BCUT2D eigenvalue weighted by molar-refractivity contribution is -0.145. The van der Waals surface area contributed by atoms with Crippen LogP contribution in [0.25, 0.3) is 0 Å². The van der Waals surface area contributed by atoms with E-state index in [4.69, 9.17) is 0 Å². The molecule has 0 aromatic carbocycles. The number of nitrogens with zero attached hydrogens (tertiary/aromatic N) is 1. The van der Waals surface area contributed by atoms with Crippen LogP contribution < -0.4 is 5.32 Å². The van der Waals surface area contributed by atoms with E-state index >= 15 is 0 Å². The van der Waals surface area contributed by atoms with Crippen molar-refractivity contribution in [2.75, 3.05) is 19.6 Å². The lowest BCUT2D eigenvalue weighted by atomic mass is 9.75. The van der Waals surface area contributed by atoms with Gasteiger partial charge < -0.3 is 10.2 Å². The smallest absolute Gasteiger partial charge is 0.229 e. The second-order valence-corrected chi connectivity index (χ2v) is 5.07. The number of carbonyl (C=O) groups excluding carboxylic acids is 1. The molecule has 0 aromatic rings. The van der Waals surface area contributed by atoms with Gasteiger partial charge in [0, 0.05) is 12.6 Å². The molecule has 1 saturated heterocycles. The summed E-state index contributed by atoms with van der Waals surface area (Å²) in [6.07, 6.45) is 2.95. The summed E-state index contributed by atoms with van der Waals surface area (Å²) < 4.78 is 0. The molecule has 1 aliphatic heterocycles. The van der Waals surface area contributed by atoms with E-state index in [0.29, 0.717) is 11.9 Å². The van der Waals surface area contributed by atoms with Gasteiger partial charge in [0.25, 0.3) is 0 Å². The minimum Gasteiger partial charge on any atom is -0.340 e. The van der Waals surface area contributed by atoms with Gasteiger partial charge >= 0.3 is 0 Å². The van der Waals surface area contributed by atoms with E-state index in [0.717, 1.165) is 38.9 Å². The van der Waals surface area contributed by atoms with E-state index in [2.05, 4.69) is 33.0 Å². The zero-order valence-corrected chi connectivity index (χ0v) is 11.2. The topological polar surface area (TPSA) is 32.3 Å². The SMILES string of the molecule is CCN(C(=O)C1(CC)CCNCC1)C(C)C. The van der Waals surface area contributed by atoms with Crippen LogP contribution in [0, 0.1) is 5.41 Å². The Morgan fingerprint density at radius 2 is 1.88 bits per heavy atom. The van der Waals surface area contributed by atoms with Crippen molar-refractivity contribution in [3.63, 3.8) is 0 Å². The quantitative estimate of drug-likeness (QED) is 0.795. The number of piperidine rings is 1. The molecule has 0 spiro atoms. The molecule has 0 bridgehead atoms. The van der Waals surface area contributed by atoms with Crippen LogP contribution in [0.5, 0.6) is 0 Å². The number of amides is 1. The fraction of sp³-hybridized carbons (Fsp3) is 0.923. The molecule has 1 rings (SSSR count). The van der Waals surface area contributed by atoms with Crippen molar-refractivity contribution in [2.45, 2.75) is 53.0 Å². The maximum absolute atomic E-state index is 12.6. The van der Waals surface area contributed by atoms with Crippen molar-refractivity contribution in [3.05, 3.63) is 0 Å². The molecule has 1 aliphatic rings. The first-order chi connectivity index (χ1) is 7.57. The number of carbonyl (C=O) groups is 1. The van der Waals surface area contributed by atoms with Gasteiger partial charge in [-0.15, -0.1) is 0 Å². The molecule has 1 fully saturated rings. The van der Waals surface area contributed by atoms with Crippen molar-refractivity contribution in [2.24, 2.45) is 5.41 Å². The maximum atomic E-state index is 12.6. The normalized spacial score (nSPS) is 19.8. The first kappa shape index (κ1) is 13.5. The standard InChI is InChI=1S/C13H26N2O/c1-5-13(7-9-14-10-8-13)12(16)15(6-2)11(3)4/h11,14H,5-10H2,1-4H3. The number of hydrogen-bond acceptors (Lipinski definition) is 2. The Labute approximate surface area is 99.6 Å². The number of hydrogen-bond donors (Lipinski definition) is 1. The summed E-state index contributed by atoms with van der Waals surface area (Å²) in [5.74, 6) is 0.369. The van der Waals surface area contributed by atoms with Gasteiger partial charge in [-0.2, -0.15) is 0 Å². The molecule has 0 radical (unpaired) electrons. The molecular weight excluding hydrogens is 200 g/mol. The summed E-state index contributed by atoms with van der Waals surface area (Å²) in [5.41, 5.74) is -0.0917. The molecule has 0 atom stereocenters. The first-order valence-electron chi connectivity index (χ1n) is 6.59. The van der Waals surface area contributed by atoms with Crippen molar-refractivity contribution in [3.8, 4) is 0 Å². The van der Waals surface area contributed by atoms with E-state index in [1.54, 1.807) is 0 Å². The molecular formula is C13H26N2O. The lowest BCUT2D eigenvalue weighted by Gasteiger charge is -2.40. The van der Waals surface area contributed by atoms with Gasteiger partial charge in [0.1, 0.15) is 0 Å². The Balaban J connectivity index is 2.81. The molecule has 3 nitrogen and oxygen atoms in total. The Morgan fingerprint density at radius 3 is 2.25 bits per heavy atom. The summed E-state index contributed by atoms with van der Waals surface area (Å²) in [7, 11) is 0. The van der Waals surface area contributed by atoms with Crippen LogP contribution in [0.3, 0.4) is 0 Å². The van der Waals surface area contributed by atoms with E-state index < -0.39 is 0 Å². The second-order valence-electron chi connectivity index (χ2n) is 5.07. The molecule has 0 saturated carbocycles. The van der Waals surface area contributed by atoms with Crippen molar-refractivity contribution in [1.82, 2.24) is 10.2 Å². The van der Waals surface area contributed by atoms with Crippen molar-refractivity contribution >= 4 is 5.91 Å². The van der Waals surface area contributed by atoms with Gasteiger partial charge in [0.05, 0.1) is 5.41 Å². The van der Waals surface area contributed by atoms with Crippen LogP contribution in [0.4, 0.5) is 0 Å². The number of nitrogens with one attached hydrogen (secondary N) is 1. The van der Waals surface area contributed by atoms with Gasteiger partial charge in [0.2, 0.25) is 5.91 Å². The fourth-order valence-electron chi connectivity index (χ4n) is 2.67. The van der Waals surface area contributed by atoms with Crippen LogP contribution in [-0.4, -0.2) is 36.5 Å². The summed E-state index contributed by atoms with van der Waals surface area (Å²) in [4.78, 5) is 14.6. The fourth-order valence-corrected chi connectivity index (χ4v) is 2.67. The van der Waals surface area contributed by atoms with Crippen molar-refractivity contribution < 1.29 is 4.79 Å². The highest BCUT2D eigenvalue weighted by atomic mass is 16.2. The van der Waals surface area contributed by atoms with Gasteiger partial charge in [-0.1, -0.05) is 6.92 Å². The molecule has 1 heterocycles. The minimum absolute atomic E-state index is 0.0917. The largest absolute Gasteiger partial charge is 0.340 e. The first-order valence-corrected chi connectivity index (χ1v) is 6.59. The Kier molecular flexibility index (Phi) is 4.78. The van der Waals surface area contributed by atoms with E-state index in [9.17, 15) is 4.79 Å². The average molecular weight is 226 g/mol. The van der Waals surface area contributed by atoms with Crippen LogP contribution in [0.1, 0.15) is 47.0 Å². The molecule has 0 aromatic heterocycles. The second kappa shape index (κ2) is 5.67. The zero-order valence-electron chi connectivity index (χ0n) is 11.2.